The number of ketones is 4. The summed E-state index contributed by atoms with van der Waals surface area (Å²) in [6.07, 6.45) is 0. The highest BCUT2D eigenvalue weighted by atomic mass is 16.1. The molecule has 6 aromatic carbocycles. The van der Waals surface area contributed by atoms with Crippen LogP contribution in [-0.2, 0) is 0 Å². The van der Waals surface area contributed by atoms with E-state index in [0.717, 1.165) is 0 Å². The van der Waals surface area contributed by atoms with Crippen LogP contribution >= 0.6 is 0 Å². The molecule has 200 valence electrons. The third-order valence-electron chi connectivity index (χ3n) is 7.28. The summed E-state index contributed by atoms with van der Waals surface area (Å²) in [5.74, 6) is -1.26. The molecular weight excluding hydrogens is 520 g/mol. The number of hydrogen-bond donors (Lipinski definition) is 0. The minimum absolute atomic E-state index is 0.239. The Morgan fingerprint density at radius 3 is 0.643 bits per heavy atom. The van der Waals surface area contributed by atoms with Crippen molar-refractivity contribution in [1.82, 2.24) is 0 Å². The van der Waals surface area contributed by atoms with Crippen molar-refractivity contribution >= 4 is 33.9 Å². The van der Waals surface area contributed by atoms with Gasteiger partial charge >= 0.3 is 0 Å². The van der Waals surface area contributed by atoms with E-state index in [1.54, 1.807) is 121 Å². The Morgan fingerprint density at radius 1 is 0.262 bits per heavy atom. The molecule has 0 bridgehead atoms. The van der Waals surface area contributed by atoms with Gasteiger partial charge < -0.3 is 0 Å². The maximum Gasteiger partial charge on any atom is 0.193 e. The molecule has 0 atom stereocenters. The first kappa shape index (κ1) is 26.5. The average Bonchev–Trinajstić information content (AvgIpc) is 3.07. The fourth-order valence-corrected chi connectivity index (χ4v) is 5.23. The van der Waals surface area contributed by atoms with Gasteiger partial charge in [0.2, 0.25) is 0 Å². The SMILES string of the molecule is O=C(c1ccccc1)c1ccc(C(=O)c2ccccc2)c2c(C(=O)c3ccccc3)ccc(C(=O)c3ccccc3)c12. The van der Waals surface area contributed by atoms with E-state index in [4.69, 9.17) is 0 Å². The second-order valence-electron chi connectivity index (χ2n) is 9.85. The zero-order valence-corrected chi connectivity index (χ0v) is 22.5. The summed E-state index contributed by atoms with van der Waals surface area (Å²) >= 11 is 0. The molecule has 6 aromatic rings. The van der Waals surface area contributed by atoms with Crippen LogP contribution in [0.4, 0.5) is 0 Å². The number of benzene rings is 6. The molecular formula is C38H24O4. The lowest BCUT2D eigenvalue weighted by Gasteiger charge is -2.17. The molecule has 0 aliphatic heterocycles. The predicted octanol–water partition coefficient (Wildman–Crippen LogP) is 7.76. The molecule has 0 aromatic heterocycles. The zero-order valence-electron chi connectivity index (χ0n) is 22.5. The fraction of sp³-hybridized carbons (Fsp3) is 0. The van der Waals surface area contributed by atoms with Crippen molar-refractivity contribution in [1.29, 1.82) is 0 Å². The first-order valence-corrected chi connectivity index (χ1v) is 13.5. The molecule has 0 aliphatic carbocycles. The van der Waals surface area contributed by atoms with Crippen LogP contribution in [0.1, 0.15) is 63.7 Å². The van der Waals surface area contributed by atoms with Gasteiger partial charge in [0.25, 0.3) is 0 Å². The Morgan fingerprint density at radius 2 is 0.452 bits per heavy atom. The van der Waals surface area contributed by atoms with E-state index >= 15 is 0 Å². The van der Waals surface area contributed by atoms with Gasteiger partial charge in [0.1, 0.15) is 0 Å². The van der Waals surface area contributed by atoms with Crippen molar-refractivity contribution in [2.24, 2.45) is 0 Å². The molecule has 0 N–H and O–H groups in total. The van der Waals surface area contributed by atoms with Crippen LogP contribution in [0.5, 0.6) is 0 Å². The Hall–Kier alpha value is -5.74. The Bertz CT molecular complexity index is 1670. The number of carbonyl (C=O) groups excluding carboxylic acids is 4. The van der Waals surface area contributed by atoms with E-state index in [1.807, 2.05) is 24.3 Å². The molecule has 0 saturated heterocycles. The van der Waals surface area contributed by atoms with E-state index in [2.05, 4.69) is 0 Å². The van der Waals surface area contributed by atoms with Crippen molar-refractivity contribution in [3.8, 4) is 0 Å². The summed E-state index contributed by atoms with van der Waals surface area (Å²) in [5.41, 5.74) is 2.67. The normalized spacial score (nSPS) is 10.8. The molecule has 4 heteroatoms. The largest absolute Gasteiger partial charge is 0.289 e. The van der Waals surface area contributed by atoms with Crippen LogP contribution in [0.2, 0.25) is 0 Å². The van der Waals surface area contributed by atoms with E-state index in [1.165, 1.54) is 0 Å². The molecule has 0 aliphatic rings. The van der Waals surface area contributed by atoms with Gasteiger partial charge in [-0.3, -0.25) is 19.2 Å². The van der Waals surface area contributed by atoms with Crippen LogP contribution in [-0.4, -0.2) is 23.1 Å². The molecule has 0 radical (unpaired) electrons. The van der Waals surface area contributed by atoms with Crippen LogP contribution in [0.3, 0.4) is 0 Å². The maximum atomic E-state index is 14.0. The quantitative estimate of drug-likeness (QED) is 0.184. The third-order valence-corrected chi connectivity index (χ3v) is 7.28. The fourth-order valence-electron chi connectivity index (χ4n) is 5.23. The Labute approximate surface area is 242 Å². The van der Waals surface area contributed by atoms with E-state index in [0.29, 0.717) is 22.3 Å². The van der Waals surface area contributed by atoms with Crippen molar-refractivity contribution < 1.29 is 19.2 Å². The van der Waals surface area contributed by atoms with Crippen LogP contribution in [0.15, 0.2) is 146 Å². The van der Waals surface area contributed by atoms with Gasteiger partial charge in [0, 0.05) is 55.3 Å². The zero-order chi connectivity index (χ0) is 29.1. The standard InChI is InChI=1S/C38H24O4/c39-35(25-13-5-1-6-14-25)29-21-22-31(37(41)27-17-9-3-10-18-27)34-32(38(42)28-19-11-4-12-20-28)24-23-30(33(29)34)36(40)26-15-7-2-8-16-26/h1-24H. The van der Waals surface area contributed by atoms with Crippen molar-refractivity contribution in [3.63, 3.8) is 0 Å². The summed E-state index contributed by atoms with van der Waals surface area (Å²) in [5, 5.41) is 0.558. The first-order chi connectivity index (χ1) is 20.5. The summed E-state index contributed by atoms with van der Waals surface area (Å²) in [4.78, 5) is 56.0. The lowest BCUT2D eigenvalue weighted by molar-refractivity contribution is 0.102. The second kappa shape index (κ2) is 11.4. The van der Waals surface area contributed by atoms with Gasteiger partial charge in [0.15, 0.2) is 23.1 Å². The van der Waals surface area contributed by atoms with E-state index < -0.39 is 0 Å². The second-order valence-corrected chi connectivity index (χ2v) is 9.85. The van der Waals surface area contributed by atoms with Gasteiger partial charge in [-0.15, -0.1) is 0 Å². The van der Waals surface area contributed by atoms with Gasteiger partial charge in [-0.25, -0.2) is 0 Å². The summed E-state index contributed by atoms with van der Waals surface area (Å²) in [6.45, 7) is 0. The lowest BCUT2D eigenvalue weighted by Crippen LogP contribution is -2.14. The molecule has 0 heterocycles. The molecule has 6 rings (SSSR count). The highest BCUT2D eigenvalue weighted by molar-refractivity contribution is 6.31. The number of hydrogen-bond acceptors (Lipinski definition) is 4. The van der Waals surface area contributed by atoms with Crippen molar-refractivity contribution in [3.05, 3.63) is 190 Å². The van der Waals surface area contributed by atoms with Crippen molar-refractivity contribution in [2.45, 2.75) is 0 Å². The maximum absolute atomic E-state index is 14.0. The highest BCUT2D eigenvalue weighted by Gasteiger charge is 2.27. The number of carbonyl (C=O) groups is 4. The highest BCUT2D eigenvalue weighted by Crippen LogP contribution is 2.35. The Kier molecular flexibility index (Phi) is 7.19. The first-order valence-electron chi connectivity index (χ1n) is 13.5. The summed E-state index contributed by atoms with van der Waals surface area (Å²) in [6, 6.07) is 41.4. The van der Waals surface area contributed by atoms with E-state index in [9.17, 15) is 19.2 Å². The molecule has 0 fully saturated rings. The molecule has 0 saturated carbocycles. The van der Waals surface area contributed by atoms with Gasteiger partial charge in [0.05, 0.1) is 0 Å². The predicted molar refractivity (Wildman–Crippen MR) is 163 cm³/mol. The average molecular weight is 545 g/mol. The van der Waals surface area contributed by atoms with Gasteiger partial charge in [-0.05, 0) is 24.3 Å². The monoisotopic (exact) mass is 544 g/mol. The molecule has 0 unspecified atom stereocenters. The number of rotatable bonds is 8. The van der Waals surface area contributed by atoms with Crippen LogP contribution < -0.4 is 0 Å². The van der Waals surface area contributed by atoms with E-state index in [-0.39, 0.29) is 56.2 Å². The summed E-state index contributed by atoms with van der Waals surface area (Å²) < 4.78 is 0. The summed E-state index contributed by atoms with van der Waals surface area (Å²) in [7, 11) is 0. The van der Waals surface area contributed by atoms with Crippen LogP contribution in [0, 0.1) is 0 Å². The number of fused-ring (bicyclic) bond motifs is 1. The van der Waals surface area contributed by atoms with Gasteiger partial charge in [-0.1, -0.05) is 121 Å². The van der Waals surface area contributed by atoms with Crippen LogP contribution in [0.25, 0.3) is 10.8 Å². The smallest absolute Gasteiger partial charge is 0.193 e. The topological polar surface area (TPSA) is 68.3 Å². The Balaban J connectivity index is 1.72. The minimum Gasteiger partial charge on any atom is -0.289 e. The van der Waals surface area contributed by atoms with Crippen molar-refractivity contribution in [2.75, 3.05) is 0 Å². The molecule has 4 nitrogen and oxygen atoms in total. The molecule has 0 amide bonds. The van der Waals surface area contributed by atoms with Gasteiger partial charge in [-0.2, -0.15) is 0 Å². The molecule has 42 heavy (non-hydrogen) atoms. The molecule has 0 spiro atoms. The minimum atomic E-state index is -0.314. The third kappa shape index (κ3) is 4.87. The lowest BCUT2D eigenvalue weighted by atomic mass is 9.83.